The molecule has 1 heterocycles. The fraction of sp³-hybridized carbons (Fsp3) is 0. The maximum absolute atomic E-state index is 12.6. The monoisotopic (exact) mass is 428 g/mol. The van der Waals surface area contributed by atoms with E-state index in [4.69, 9.17) is 4.79 Å². The van der Waals surface area contributed by atoms with Crippen molar-refractivity contribution in [2.45, 2.75) is 0 Å². The molecule has 0 unspecified atom stereocenters. The van der Waals surface area contributed by atoms with Crippen molar-refractivity contribution >= 4 is 16.4 Å². The second-order valence-electron chi connectivity index (χ2n) is 2.64. The number of benzene rings is 1. The molecule has 1 aromatic carbocycles. The van der Waals surface area contributed by atoms with Crippen LogP contribution in [0.1, 0.15) is 0 Å². The normalized spacial score (nSPS) is 8.18. The number of rotatable bonds is 1. The van der Waals surface area contributed by atoms with Crippen LogP contribution in [-0.4, -0.2) is 11.8 Å². The summed E-state index contributed by atoms with van der Waals surface area (Å²) in [4.78, 5) is 11.6. The molecule has 0 atom stereocenters. The van der Waals surface area contributed by atoms with Gasteiger partial charge in [0.2, 0.25) is 0 Å². The summed E-state index contributed by atoms with van der Waals surface area (Å²) in [6, 6.07) is 12.8. The average molecular weight is 428 g/mol. The predicted molar refractivity (Wildman–Crippen MR) is 60.0 cm³/mol. The van der Waals surface area contributed by atoms with Gasteiger partial charge in [-0.2, -0.15) is 0 Å². The van der Waals surface area contributed by atoms with Crippen LogP contribution in [-0.2, 0) is 22.7 Å². The molecule has 0 saturated heterocycles. The van der Waals surface area contributed by atoms with E-state index in [2.05, 4.69) is 27.4 Å². The van der Waals surface area contributed by atoms with Gasteiger partial charge in [0, 0.05) is 12.0 Å². The molecule has 2 nitrogen and oxygen atoms in total. The molecule has 89 valence electrons. The van der Waals surface area contributed by atoms with E-state index in [0.29, 0.717) is 0 Å². The van der Waals surface area contributed by atoms with E-state index < -0.39 is 0 Å². The third-order valence-corrected chi connectivity index (χ3v) is 1.72. The summed E-state index contributed by atoms with van der Waals surface area (Å²) in [5.74, 6) is -0.278. The first kappa shape index (κ1) is 15.9. The first-order chi connectivity index (χ1) is 8.36. The molecule has 0 saturated carbocycles. The van der Waals surface area contributed by atoms with Crippen molar-refractivity contribution in [2.75, 3.05) is 0 Å². The van der Waals surface area contributed by atoms with Crippen LogP contribution in [0.2, 0.25) is 0 Å². The van der Waals surface area contributed by atoms with Crippen LogP contribution in [0.25, 0.3) is 11.3 Å². The number of hydrogen-bond acceptors (Lipinski definition) is 2. The fourth-order valence-corrected chi connectivity index (χ4v) is 1.09. The van der Waals surface area contributed by atoms with Gasteiger partial charge in [-0.25, -0.2) is 0 Å². The van der Waals surface area contributed by atoms with Gasteiger partial charge in [0.25, 0.3) is 0 Å². The molecule has 5 heteroatoms. The topological polar surface area (TPSA) is 30.0 Å². The Balaban J connectivity index is 0.000000581. The summed E-state index contributed by atoms with van der Waals surface area (Å²) in [5, 5.41) is 0. The summed E-state index contributed by atoms with van der Waals surface area (Å²) in [7, 11) is 4.64. The van der Waals surface area contributed by atoms with Gasteiger partial charge in [-0.15, -0.1) is 29.8 Å². The van der Waals surface area contributed by atoms with Crippen LogP contribution >= 0.6 is 9.58 Å². The van der Waals surface area contributed by atoms with Crippen molar-refractivity contribution in [2.24, 2.45) is 0 Å². The standard InChI is InChI=1S/C11H7FN.CO.ClH.Ir/c12-10-6-4-9(5-7-10)11-3-1-2-8-13-11;1-2;;/h1-4,6-8H;;1H;/q2*-1;;+3/p-1. The average Bonchev–Trinajstić information content (AvgIpc) is 2.45. The van der Waals surface area contributed by atoms with Crippen LogP contribution in [0.4, 0.5) is 4.39 Å². The second kappa shape index (κ2) is 10.1. The molecule has 0 fully saturated rings. The Morgan fingerprint density at radius 3 is 2.41 bits per heavy atom. The molecule has 1 aromatic heterocycles. The molecule has 1 radical (unpaired) electrons. The van der Waals surface area contributed by atoms with Gasteiger partial charge in [0.1, 0.15) is 0 Å². The SMILES string of the molecule is Fc1c[c-]c(-c2ccccn2)cc1.[C-]=O.[Cl][Ir+2]. The number of aromatic nitrogens is 1. The minimum absolute atomic E-state index is 0.278. The van der Waals surface area contributed by atoms with E-state index in [1.54, 1.807) is 12.3 Å². The van der Waals surface area contributed by atoms with E-state index in [1.165, 1.54) is 30.0 Å². The Labute approximate surface area is 114 Å². The molecule has 0 aliphatic heterocycles. The van der Waals surface area contributed by atoms with E-state index in [-0.39, 0.29) is 5.82 Å². The molecule has 0 amide bonds. The van der Waals surface area contributed by atoms with Crippen molar-refractivity contribution in [1.82, 2.24) is 4.98 Å². The first-order valence-electron chi connectivity index (χ1n) is 4.28. The van der Waals surface area contributed by atoms with Gasteiger partial charge >= 0.3 is 27.5 Å². The van der Waals surface area contributed by atoms with E-state index in [1.807, 2.05) is 18.2 Å². The third kappa shape index (κ3) is 5.68. The Bertz CT molecular complexity index is 411. The van der Waals surface area contributed by atoms with Crippen LogP contribution in [0.5, 0.6) is 0 Å². The van der Waals surface area contributed by atoms with Crippen LogP contribution in [0.3, 0.4) is 0 Å². The molecule has 0 aliphatic carbocycles. The Kier molecular flexibility index (Phi) is 9.44. The molecular weight excluding hydrogens is 421 g/mol. The molecule has 0 spiro atoms. The zero-order valence-electron chi connectivity index (χ0n) is 8.49. The van der Waals surface area contributed by atoms with Crippen molar-refractivity contribution in [1.29, 1.82) is 0 Å². The van der Waals surface area contributed by atoms with Crippen molar-refractivity contribution < 1.29 is 27.1 Å². The Hall–Kier alpha value is -1.09. The van der Waals surface area contributed by atoms with E-state index >= 15 is 0 Å². The summed E-state index contributed by atoms with van der Waals surface area (Å²) in [5.41, 5.74) is 1.62. The summed E-state index contributed by atoms with van der Waals surface area (Å²) in [6.45, 7) is 4.50. The fourth-order valence-electron chi connectivity index (χ4n) is 1.09. The van der Waals surface area contributed by atoms with Gasteiger partial charge < -0.3 is 16.6 Å². The number of nitrogens with zero attached hydrogens (tertiary/aromatic N) is 1. The number of pyridine rings is 1. The summed E-state index contributed by atoms with van der Waals surface area (Å²) < 4.78 is 12.6. The van der Waals surface area contributed by atoms with E-state index in [9.17, 15) is 4.39 Å². The zero-order chi connectivity index (χ0) is 13.1. The second-order valence-corrected chi connectivity index (χ2v) is 2.64. The van der Waals surface area contributed by atoms with Crippen LogP contribution < -0.4 is 0 Å². The van der Waals surface area contributed by atoms with E-state index in [0.717, 1.165) is 11.3 Å². The number of hydrogen-bond donors (Lipinski definition) is 0. The van der Waals surface area contributed by atoms with Crippen molar-refractivity contribution in [3.63, 3.8) is 0 Å². The van der Waals surface area contributed by atoms with Gasteiger partial charge in [0.05, 0.1) is 0 Å². The minimum atomic E-state index is -0.278. The van der Waals surface area contributed by atoms with Crippen LogP contribution in [0.15, 0.2) is 42.6 Å². The quantitative estimate of drug-likeness (QED) is 0.655. The van der Waals surface area contributed by atoms with Gasteiger partial charge in [-0.05, 0) is 11.8 Å². The molecule has 0 N–H and O–H groups in total. The van der Waals surface area contributed by atoms with Gasteiger partial charge in [-0.3, -0.25) is 4.39 Å². The molecule has 0 bridgehead atoms. The summed E-state index contributed by atoms with van der Waals surface area (Å²) in [6.07, 6.45) is 1.70. The van der Waals surface area contributed by atoms with Crippen molar-refractivity contribution in [3.8, 4) is 11.3 Å². The molecule has 2 rings (SSSR count). The predicted octanol–water partition coefficient (Wildman–Crippen LogP) is 2.98. The van der Waals surface area contributed by atoms with Gasteiger partial charge in [-0.1, -0.05) is 12.1 Å². The zero-order valence-corrected chi connectivity index (χ0v) is 11.6. The third-order valence-electron chi connectivity index (χ3n) is 1.72. The van der Waals surface area contributed by atoms with Crippen molar-refractivity contribution in [3.05, 3.63) is 54.5 Å². The molecule has 17 heavy (non-hydrogen) atoms. The molecule has 2 aromatic rings. The van der Waals surface area contributed by atoms with Crippen LogP contribution in [0, 0.1) is 11.9 Å². The first-order valence-corrected chi connectivity index (χ1v) is 7.25. The van der Waals surface area contributed by atoms with Gasteiger partial charge in [0.15, 0.2) is 0 Å². The Morgan fingerprint density at radius 1 is 1.24 bits per heavy atom. The number of carbonyl (C=O) groups excluding carboxylic acids is 1. The molecule has 0 aliphatic rings. The maximum atomic E-state index is 12.6. The summed E-state index contributed by atoms with van der Waals surface area (Å²) >= 11 is 1.47. The Morgan fingerprint density at radius 2 is 1.94 bits per heavy atom. The molecular formula is C12H7ClFIrNO. The number of halogens is 2.